The molecule has 2 nitrogen and oxygen atoms in total. The van der Waals surface area contributed by atoms with E-state index in [1.54, 1.807) is 0 Å². The van der Waals surface area contributed by atoms with E-state index in [1.807, 2.05) is 26.0 Å². The van der Waals surface area contributed by atoms with Gasteiger partial charge < -0.3 is 10.5 Å². The van der Waals surface area contributed by atoms with Crippen LogP contribution in [0.1, 0.15) is 37.8 Å². The smallest absolute Gasteiger partial charge is 0.119 e. The summed E-state index contributed by atoms with van der Waals surface area (Å²) in [5.41, 5.74) is 7.67. The highest BCUT2D eigenvalue weighted by molar-refractivity contribution is 7.80. The first-order chi connectivity index (χ1) is 8.74. The molecule has 19 heavy (non-hydrogen) atoms. The van der Waals surface area contributed by atoms with Crippen LogP contribution in [0.3, 0.4) is 0 Å². The zero-order valence-electron chi connectivity index (χ0n) is 12.0. The average Bonchev–Trinajstić information content (AvgIpc) is 2.31. The fourth-order valence-corrected chi connectivity index (χ4v) is 2.03. The van der Waals surface area contributed by atoms with Crippen LogP contribution in [0, 0.1) is 19.3 Å². The molecule has 0 fully saturated rings. The lowest BCUT2D eigenvalue weighted by Crippen LogP contribution is -2.30. The lowest BCUT2D eigenvalue weighted by atomic mass is 9.88. The van der Waals surface area contributed by atoms with E-state index >= 15 is 0 Å². The fourth-order valence-electron chi connectivity index (χ4n) is 1.82. The molecule has 0 radical (unpaired) electrons. The Kier molecular flexibility index (Phi) is 5.63. The van der Waals surface area contributed by atoms with Crippen molar-refractivity contribution < 1.29 is 4.74 Å². The molecule has 0 heterocycles. The number of halogens is 1. The molecule has 0 saturated carbocycles. The van der Waals surface area contributed by atoms with Crippen molar-refractivity contribution in [3.05, 3.63) is 28.3 Å². The van der Waals surface area contributed by atoms with Gasteiger partial charge in [-0.1, -0.05) is 37.7 Å². The van der Waals surface area contributed by atoms with E-state index < -0.39 is 0 Å². The van der Waals surface area contributed by atoms with Gasteiger partial charge in [0, 0.05) is 10.4 Å². The van der Waals surface area contributed by atoms with Gasteiger partial charge in [0.1, 0.15) is 5.75 Å². The van der Waals surface area contributed by atoms with E-state index in [9.17, 15) is 0 Å². The highest BCUT2D eigenvalue weighted by atomic mass is 35.5. The topological polar surface area (TPSA) is 35.2 Å². The molecule has 0 aromatic heterocycles. The summed E-state index contributed by atoms with van der Waals surface area (Å²) >= 11 is 11.2. The van der Waals surface area contributed by atoms with Gasteiger partial charge in [0.25, 0.3) is 0 Å². The van der Waals surface area contributed by atoms with Crippen molar-refractivity contribution in [2.75, 3.05) is 6.61 Å². The Morgan fingerprint density at radius 3 is 2.32 bits per heavy atom. The van der Waals surface area contributed by atoms with Crippen molar-refractivity contribution in [3.8, 4) is 5.75 Å². The summed E-state index contributed by atoms with van der Waals surface area (Å²) in [5, 5.41) is 0.807. The second-order valence-corrected chi connectivity index (χ2v) is 6.39. The molecule has 0 aliphatic carbocycles. The summed E-state index contributed by atoms with van der Waals surface area (Å²) in [7, 11) is 0. The number of ether oxygens (including phenoxy) is 1. The molecule has 0 spiro atoms. The Hall–Kier alpha value is -0.800. The van der Waals surface area contributed by atoms with Crippen molar-refractivity contribution in [1.82, 2.24) is 0 Å². The number of aryl methyl sites for hydroxylation is 2. The lowest BCUT2D eigenvalue weighted by Gasteiger charge is -2.22. The summed E-state index contributed by atoms with van der Waals surface area (Å²) in [6, 6.07) is 3.93. The average molecular weight is 300 g/mol. The zero-order chi connectivity index (χ0) is 14.6. The molecule has 0 unspecified atom stereocenters. The van der Waals surface area contributed by atoms with Gasteiger partial charge in [-0.2, -0.15) is 0 Å². The monoisotopic (exact) mass is 299 g/mol. The Balaban J connectivity index is 2.49. The van der Waals surface area contributed by atoms with Crippen molar-refractivity contribution in [3.63, 3.8) is 0 Å². The van der Waals surface area contributed by atoms with Crippen molar-refractivity contribution >= 4 is 28.8 Å². The number of nitrogens with two attached hydrogens (primary N) is 1. The van der Waals surface area contributed by atoms with E-state index in [1.165, 1.54) is 0 Å². The SMILES string of the molecule is Cc1cc(OCCCC(C)(C)C(N)=S)cc(C)c1Cl. The van der Waals surface area contributed by atoms with Gasteiger partial charge in [0.05, 0.1) is 11.6 Å². The van der Waals surface area contributed by atoms with Gasteiger partial charge in [0.15, 0.2) is 0 Å². The first-order valence-corrected chi connectivity index (χ1v) is 7.22. The standard InChI is InChI=1S/C15H22ClNOS/c1-10-8-12(9-11(2)13(10)16)18-7-5-6-15(3,4)14(17)19/h8-9H,5-7H2,1-4H3,(H2,17,19). The predicted molar refractivity (Wildman–Crippen MR) is 86.2 cm³/mol. The third kappa shape index (κ3) is 4.66. The predicted octanol–water partition coefficient (Wildman–Crippen LogP) is 4.43. The molecule has 0 aliphatic rings. The summed E-state index contributed by atoms with van der Waals surface area (Å²) in [6.45, 7) is 8.75. The highest BCUT2D eigenvalue weighted by Gasteiger charge is 2.20. The third-order valence-electron chi connectivity index (χ3n) is 3.29. The van der Waals surface area contributed by atoms with Gasteiger partial charge in [0.2, 0.25) is 0 Å². The number of hydrogen-bond donors (Lipinski definition) is 1. The molecule has 1 rings (SSSR count). The molecular weight excluding hydrogens is 278 g/mol. The van der Waals surface area contributed by atoms with E-state index in [-0.39, 0.29) is 5.41 Å². The maximum atomic E-state index is 6.12. The Labute approximate surface area is 126 Å². The summed E-state index contributed by atoms with van der Waals surface area (Å²) < 4.78 is 5.76. The Morgan fingerprint density at radius 2 is 1.84 bits per heavy atom. The summed E-state index contributed by atoms with van der Waals surface area (Å²) in [5.74, 6) is 0.868. The van der Waals surface area contributed by atoms with E-state index in [0.717, 1.165) is 34.7 Å². The van der Waals surface area contributed by atoms with Crippen LogP contribution in [-0.4, -0.2) is 11.6 Å². The molecule has 106 valence electrons. The van der Waals surface area contributed by atoms with Crippen molar-refractivity contribution in [2.24, 2.45) is 11.1 Å². The van der Waals surface area contributed by atoms with Crippen molar-refractivity contribution in [1.29, 1.82) is 0 Å². The number of hydrogen-bond acceptors (Lipinski definition) is 2. The Morgan fingerprint density at radius 1 is 1.32 bits per heavy atom. The molecule has 0 saturated heterocycles. The second kappa shape index (κ2) is 6.58. The molecule has 1 aromatic carbocycles. The molecule has 0 amide bonds. The summed E-state index contributed by atoms with van der Waals surface area (Å²) in [4.78, 5) is 0.561. The van der Waals surface area contributed by atoms with Crippen LogP contribution in [-0.2, 0) is 0 Å². The van der Waals surface area contributed by atoms with E-state index in [4.69, 9.17) is 34.3 Å². The van der Waals surface area contributed by atoms with Crippen LogP contribution in [0.5, 0.6) is 5.75 Å². The minimum absolute atomic E-state index is 0.107. The number of benzene rings is 1. The quantitative estimate of drug-likeness (QED) is 0.623. The van der Waals surface area contributed by atoms with Gasteiger partial charge in [-0.05, 0) is 49.9 Å². The van der Waals surface area contributed by atoms with Crippen LogP contribution < -0.4 is 10.5 Å². The normalized spacial score (nSPS) is 11.4. The van der Waals surface area contributed by atoms with E-state index in [0.29, 0.717) is 11.6 Å². The van der Waals surface area contributed by atoms with Gasteiger partial charge in [-0.15, -0.1) is 0 Å². The van der Waals surface area contributed by atoms with Crippen LogP contribution in [0.25, 0.3) is 0 Å². The molecular formula is C15H22ClNOS. The van der Waals surface area contributed by atoms with Gasteiger partial charge >= 0.3 is 0 Å². The maximum Gasteiger partial charge on any atom is 0.119 e. The third-order valence-corrected chi connectivity index (χ3v) is 4.44. The van der Waals surface area contributed by atoms with Crippen LogP contribution in [0.4, 0.5) is 0 Å². The minimum Gasteiger partial charge on any atom is -0.494 e. The summed E-state index contributed by atoms with van der Waals surface area (Å²) in [6.07, 6.45) is 1.85. The lowest BCUT2D eigenvalue weighted by molar-refractivity contribution is 0.287. The van der Waals surface area contributed by atoms with Crippen molar-refractivity contribution in [2.45, 2.75) is 40.5 Å². The number of thiocarbonyl (C=S) groups is 1. The van der Waals surface area contributed by atoms with Gasteiger partial charge in [-0.3, -0.25) is 0 Å². The first-order valence-electron chi connectivity index (χ1n) is 6.43. The molecule has 2 N–H and O–H groups in total. The first kappa shape index (κ1) is 16.3. The molecule has 0 bridgehead atoms. The highest BCUT2D eigenvalue weighted by Crippen LogP contribution is 2.27. The molecule has 0 atom stereocenters. The van der Waals surface area contributed by atoms with Crippen LogP contribution in [0.15, 0.2) is 12.1 Å². The largest absolute Gasteiger partial charge is 0.494 e. The van der Waals surface area contributed by atoms with Crippen LogP contribution >= 0.6 is 23.8 Å². The second-order valence-electron chi connectivity index (χ2n) is 5.57. The number of rotatable bonds is 6. The zero-order valence-corrected chi connectivity index (χ0v) is 13.6. The minimum atomic E-state index is -0.107. The van der Waals surface area contributed by atoms with E-state index in [2.05, 4.69) is 13.8 Å². The molecule has 4 heteroatoms. The molecule has 1 aromatic rings. The molecule has 0 aliphatic heterocycles. The maximum absolute atomic E-state index is 6.12. The van der Waals surface area contributed by atoms with Gasteiger partial charge in [-0.25, -0.2) is 0 Å². The van der Waals surface area contributed by atoms with Crippen LogP contribution in [0.2, 0.25) is 5.02 Å². The Bertz CT molecular complexity index is 448. The fraction of sp³-hybridized carbons (Fsp3) is 0.533.